The maximum Gasteiger partial charge on any atom is 0.150 e. The van der Waals surface area contributed by atoms with E-state index in [-0.39, 0.29) is 0 Å². The van der Waals surface area contributed by atoms with Gasteiger partial charge in [-0.1, -0.05) is 31.4 Å². The van der Waals surface area contributed by atoms with Crippen LogP contribution in [0.15, 0.2) is 30.5 Å². The van der Waals surface area contributed by atoms with Gasteiger partial charge >= 0.3 is 0 Å². The van der Waals surface area contributed by atoms with Crippen LogP contribution in [0.3, 0.4) is 0 Å². The first-order valence-corrected chi connectivity index (χ1v) is 6.91. The van der Waals surface area contributed by atoms with Gasteiger partial charge < -0.3 is 4.57 Å². The second-order valence-electron chi connectivity index (χ2n) is 5.37. The van der Waals surface area contributed by atoms with E-state index in [1.807, 2.05) is 12.1 Å². The Morgan fingerprint density at radius 3 is 2.78 bits per heavy atom. The molecule has 0 radical (unpaired) electrons. The molecular formula is C16H19NO. The van der Waals surface area contributed by atoms with Crippen LogP contribution in [-0.2, 0) is 6.54 Å². The van der Waals surface area contributed by atoms with Crippen molar-refractivity contribution in [3.8, 4) is 0 Å². The average Bonchev–Trinajstić information content (AvgIpc) is 2.83. The Hall–Kier alpha value is -1.57. The Bertz CT molecular complexity index is 549. The number of carbonyl (C=O) groups excluding carboxylic acids is 1. The molecule has 1 fully saturated rings. The molecule has 1 aromatic carbocycles. The SMILES string of the molecule is O=Cc1cccc2c1ccn2CC1CCCCC1. The normalized spacial score (nSPS) is 17.1. The number of nitrogens with zero attached hydrogens (tertiary/aromatic N) is 1. The summed E-state index contributed by atoms with van der Waals surface area (Å²) >= 11 is 0. The molecule has 0 bridgehead atoms. The van der Waals surface area contributed by atoms with Gasteiger partial charge in [0.1, 0.15) is 0 Å². The molecule has 3 rings (SSSR count). The fourth-order valence-corrected chi connectivity index (χ4v) is 3.16. The fourth-order valence-electron chi connectivity index (χ4n) is 3.16. The standard InChI is InChI=1S/C16H19NO/c18-12-14-7-4-8-16-15(14)9-10-17(16)11-13-5-2-1-3-6-13/h4,7-10,12-13H,1-3,5-6,11H2. The molecule has 1 aliphatic rings. The van der Waals surface area contributed by atoms with E-state index in [0.717, 1.165) is 29.7 Å². The van der Waals surface area contributed by atoms with E-state index < -0.39 is 0 Å². The third kappa shape index (κ3) is 2.07. The fraction of sp³-hybridized carbons (Fsp3) is 0.438. The Balaban J connectivity index is 1.90. The quantitative estimate of drug-likeness (QED) is 0.743. The maximum absolute atomic E-state index is 11.0. The molecule has 2 heteroatoms. The van der Waals surface area contributed by atoms with Crippen molar-refractivity contribution in [1.29, 1.82) is 0 Å². The van der Waals surface area contributed by atoms with Gasteiger partial charge in [0, 0.05) is 29.2 Å². The second-order valence-corrected chi connectivity index (χ2v) is 5.37. The van der Waals surface area contributed by atoms with Crippen molar-refractivity contribution in [3.63, 3.8) is 0 Å². The summed E-state index contributed by atoms with van der Waals surface area (Å²) in [4.78, 5) is 11.0. The van der Waals surface area contributed by atoms with Crippen molar-refractivity contribution in [2.75, 3.05) is 0 Å². The molecule has 0 aliphatic heterocycles. The average molecular weight is 241 g/mol. The van der Waals surface area contributed by atoms with E-state index in [0.29, 0.717) is 0 Å². The van der Waals surface area contributed by atoms with Crippen LogP contribution in [0.1, 0.15) is 42.5 Å². The maximum atomic E-state index is 11.0. The number of benzene rings is 1. The molecule has 1 aromatic heterocycles. The topological polar surface area (TPSA) is 22.0 Å². The molecule has 2 aromatic rings. The highest BCUT2D eigenvalue weighted by molar-refractivity contribution is 5.97. The number of aromatic nitrogens is 1. The molecule has 2 nitrogen and oxygen atoms in total. The summed E-state index contributed by atoms with van der Waals surface area (Å²) in [6.07, 6.45) is 9.95. The predicted molar refractivity (Wildman–Crippen MR) is 73.9 cm³/mol. The lowest BCUT2D eigenvalue weighted by molar-refractivity contribution is 0.112. The first kappa shape index (κ1) is 11.5. The zero-order valence-corrected chi connectivity index (χ0v) is 10.6. The van der Waals surface area contributed by atoms with E-state index in [4.69, 9.17) is 0 Å². The zero-order chi connectivity index (χ0) is 12.4. The van der Waals surface area contributed by atoms with Crippen molar-refractivity contribution in [2.45, 2.75) is 38.6 Å². The molecule has 1 saturated carbocycles. The molecule has 0 unspecified atom stereocenters. The third-order valence-electron chi connectivity index (χ3n) is 4.15. The van der Waals surface area contributed by atoms with E-state index in [9.17, 15) is 4.79 Å². The predicted octanol–water partition coefficient (Wildman–Crippen LogP) is 4.03. The van der Waals surface area contributed by atoms with Crippen LogP contribution in [0, 0.1) is 5.92 Å². The first-order valence-electron chi connectivity index (χ1n) is 6.91. The molecule has 18 heavy (non-hydrogen) atoms. The van der Waals surface area contributed by atoms with E-state index in [1.54, 1.807) is 0 Å². The highest BCUT2D eigenvalue weighted by Gasteiger charge is 2.15. The van der Waals surface area contributed by atoms with Crippen molar-refractivity contribution in [3.05, 3.63) is 36.0 Å². The minimum Gasteiger partial charge on any atom is -0.347 e. The second kappa shape index (κ2) is 4.97. The summed E-state index contributed by atoms with van der Waals surface area (Å²) < 4.78 is 2.32. The number of carbonyl (C=O) groups is 1. The van der Waals surface area contributed by atoms with Gasteiger partial charge in [-0.3, -0.25) is 4.79 Å². The Kier molecular flexibility index (Phi) is 3.18. The van der Waals surface area contributed by atoms with E-state index in [2.05, 4.69) is 22.9 Å². The van der Waals surface area contributed by atoms with Crippen molar-refractivity contribution in [1.82, 2.24) is 4.57 Å². The molecule has 1 aliphatic carbocycles. The lowest BCUT2D eigenvalue weighted by Gasteiger charge is -2.22. The molecular weight excluding hydrogens is 222 g/mol. The van der Waals surface area contributed by atoms with Crippen LogP contribution in [0.5, 0.6) is 0 Å². The number of hydrogen-bond donors (Lipinski definition) is 0. The summed E-state index contributed by atoms with van der Waals surface area (Å²) in [5.74, 6) is 0.814. The Morgan fingerprint density at radius 2 is 2.00 bits per heavy atom. The smallest absolute Gasteiger partial charge is 0.150 e. The Morgan fingerprint density at radius 1 is 1.17 bits per heavy atom. The highest BCUT2D eigenvalue weighted by atomic mass is 16.1. The van der Waals surface area contributed by atoms with E-state index >= 15 is 0 Å². The molecule has 0 spiro atoms. The molecule has 0 atom stereocenters. The minimum atomic E-state index is 0.801. The van der Waals surface area contributed by atoms with E-state index in [1.165, 1.54) is 37.6 Å². The van der Waals surface area contributed by atoms with Gasteiger partial charge in [0.2, 0.25) is 0 Å². The minimum absolute atomic E-state index is 0.801. The summed E-state index contributed by atoms with van der Waals surface area (Å²) in [6, 6.07) is 8.05. The van der Waals surface area contributed by atoms with Crippen LogP contribution in [0.4, 0.5) is 0 Å². The summed E-state index contributed by atoms with van der Waals surface area (Å²) in [5.41, 5.74) is 2.00. The monoisotopic (exact) mass is 241 g/mol. The number of rotatable bonds is 3. The summed E-state index contributed by atoms with van der Waals surface area (Å²) in [6.45, 7) is 1.10. The van der Waals surface area contributed by atoms with Crippen molar-refractivity contribution in [2.24, 2.45) is 5.92 Å². The van der Waals surface area contributed by atoms with Gasteiger partial charge in [0.05, 0.1) is 0 Å². The molecule has 94 valence electrons. The molecule has 0 N–H and O–H groups in total. The van der Waals surface area contributed by atoms with Crippen LogP contribution >= 0.6 is 0 Å². The van der Waals surface area contributed by atoms with Gasteiger partial charge in [0.25, 0.3) is 0 Å². The van der Waals surface area contributed by atoms with Crippen LogP contribution < -0.4 is 0 Å². The Labute approximate surface area is 108 Å². The van der Waals surface area contributed by atoms with Gasteiger partial charge in [-0.05, 0) is 30.9 Å². The number of aldehydes is 1. The van der Waals surface area contributed by atoms with Crippen LogP contribution in [0.25, 0.3) is 10.9 Å². The lowest BCUT2D eigenvalue weighted by Crippen LogP contribution is -2.13. The van der Waals surface area contributed by atoms with Crippen LogP contribution in [-0.4, -0.2) is 10.9 Å². The van der Waals surface area contributed by atoms with Gasteiger partial charge in [-0.2, -0.15) is 0 Å². The van der Waals surface area contributed by atoms with Gasteiger partial charge in [-0.15, -0.1) is 0 Å². The number of fused-ring (bicyclic) bond motifs is 1. The van der Waals surface area contributed by atoms with Gasteiger partial charge in [0.15, 0.2) is 6.29 Å². The molecule has 0 amide bonds. The highest BCUT2D eigenvalue weighted by Crippen LogP contribution is 2.27. The largest absolute Gasteiger partial charge is 0.347 e. The molecule has 1 heterocycles. The lowest BCUT2D eigenvalue weighted by atomic mass is 9.89. The van der Waals surface area contributed by atoms with Gasteiger partial charge in [-0.25, -0.2) is 0 Å². The number of hydrogen-bond acceptors (Lipinski definition) is 1. The molecule has 0 saturated heterocycles. The van der Waals surface area contributed by atoms with Crippen molar-refractivity contribution < 1.29 is 4.79 Å². The zero-order valence-electron chi connectivity index (χ0n) is 10.6. The van der Waals surface area contributed by atoms with Crippen molar-refractivity contribution >= 4 is 17.2 Å². The first-order chi connectivity index (χ1) is 8.88. The summed E-state index contributed by atoms with van der Waals surface area (Å²) in [5, 5.41) is 1.09. The summed E-state index contributed by atoms with van der Waals surface area (Å²) in [7, 11) is 0. The van der Waals surface area contributed by atoms with Crippen LogP contribution in [0.2, 0.25) is 0 Å². The third-order valence-corrected chi connectivity index (χ3v) is 4.15.